The van der Waals surface area contributed by atoms with Crippen molar-refractivity contribution in [1.29, 1.82) is 0 Å². The molecular weight excluding hydrogens is 429 g/mol. The van der Waals surface area contributed by atoms with Crippen LogP contribution in [-0.4, -0.2) is 85.5 Å². The number of halogens is 1. The molecule has 2 fully saturated rings. The van der Waals surface area contributed by atoms with Crippen LogP contribution >= 0.6 is 24.0 Å². The highest BCUT2D eigenvalue weighted by Gasteiger charge is 2.30. The van der Waals surface area contributed by atoms with Crippen molar-refractivity contribution in [3.05, 3.63) is 0 Å². The van der Waals surface area contributed by atoms with Crippen molar-refractivity contribution in [2.75, 3.05) is 52.9 Å². The van der Waals surface area contributed by atoms with Gasteiger partial charge in [-0.1, -0.05) is 19.8 Å². The maximum absolute atomic E-state index is 12.6. The lowest BCUT2D eigenvalue weighted by molar-refractivity contribution is -0.135. The minimum atomic E-state index is 0. The molecule has 0 aromatic carbocycles. The number of unbranched alkanes of at least 4 members (excludes halogenated alkanes) is 2. The smallest absolute Gasteiger partial charge is 0.239 e. The van der Waals surface area contributed by atoms with E-state index >= 15 is 0 Å². The largest absolute Gasteiger partial charge is 0.356 e. The first kappa shape index (κ1) is 22.5. The molecule has 0 saturated carbocycles. The molecule has 0 spiro atoms. The molecular formula is C18H36IN5O. The van der Waals surface area contributed by atoms with Crippen molar-refractivity contribution in [3.63, 3.8) is 0 Å². The third kappa shape index (κ3) is 6.58. The van der Waals surface area contributed by atoms with Crippen molar-refractivity contribution in [2.45, 2.75) is 52.0 Å². The summed E-state index contributed by atoms with van der Waals surface area (Å²) in [5.41, 5.74) is 0. The van der Waals surface area contributed by atoms with Crippen LogP contribution in [0.2, 0.25) is 0 Å². The predicted molar refractivity (Wildman–Crippen MR) is 115 cm³/mol. The number of guanidine groups is 1. The summed E-state index contributed by atoms with van der Waals surface area (Å²) < 4.78 is 0. The van der Waals surface area contributed by atoms with Crippen LogP contribution in [0.3, 0.4) is 0 Å². The molecule has 6 nitrogen and oxygen atoms in total. The first-order valence-electron chi connectivity index (χ1n) is 9.65. The standard InChI is InChI=1S/C18H35N5O.HI/c1-4-5-6-9-20-18(19-3)23-14-12-21(13-15-23)16(2)17(24)22-10-7-8-11-22;/h16H,4-15H2,1-3H3,(H,19,20);1H. The van der Waals surface area contributed by atoms with E-state index in [4.69, 9.17) is 0 Å². The van der Waals surface area contributed by atoms with E-state index in [1.165, 1.54) is 19.3 Å². The van der Waals surface area contributed by atoms with Gasteiger partial charge in [-0.25, -0.2) is 0 Å². The van der Waals surface area contributed by atoms with Gasteiger partial charge in [0.05, 0.1) is 6.04 Å². The van der Waals surface area contributed by atoms with Gasteiger partial charge in [0.1, 0.15) is 0 Å². The van der Waals surface area contributed by atoms with Gasteiger partial charge in [-0.05, 0) is 26.2 Å². The summed E-state index contributed by atoms with van der Waals surface area (Å²) in [5, 5.41) is 3.47. The second kappa shape index (κ2) is 11.9. The maximum Gasteiger partial charge on any atom is 0.239 e. The van der Waals surface area contributed by atoms with E-state index in [2.05, 4.69) is 34.0 Å². The van der Waals surface area contributed by atoms with Crippen LogP contribution in [0.4, 0.5) is 0 Å². The van der Waals surface area contributed by atoms with Gasteiger partial charge in [-0.2, -0.15) is 0 Å². The van der Waals surface area contributed by atoms with Crippen LogP contribution in [0.1, 0.15) is 46.0 Å². The van der Waals surface area contributed by atoms with Gasteiger partial charge in [0, 0.05) is 52.9 Å². The molecule has 0 radical (unpaired) electrons. The molecule has 0 aromatic rings. The zero-order chi connectivity index (χ0) is 17.4. The van der Waals surface area contributed by atoms with Crippen LogP contribution in [0.25, 0.3) is 0 Å². The minimum Gasteiger partial charge on any atom is -0.356 e. The Bertz CT molecular complexity index is 418. The number of likely N-dealkylation sites (tertiary alicyclic amines) is 1. The Kier molecular flexibility index (Phi) is 10.7. The normalized spacial score (nSPS) is 20.4. The van der Waals surface area contributed by atoms with Gasteiger partial charge in [-0.15, -0.1) is 24.0 Å². The Labute approximate surface area is 170 Å². The summed E-state index contributed by atoms with van der Waals surface area (Å²) in [6.07, 6.45) is 6.01. The van der Waals surface area contributed by atoms with E-state index in [1.807, 2.05) is 11.9 Å². The first-order valence-corrected chi connectivity index (χ1v) is 9.65. The number of aliphatic imine (C=N–C) groups is 1. The van der Waals surface area contributed by atoms with Crippen molar-refractivity contribution in [3.8, 4) is 0 Å². The van der Waals surface area contributed by atoms with Gasteiger partial charge in [0.2, 0.25) is 5.91 Å². The third-order valence-electron chi connectivity index (χ3n) is 5.21. The van der Waals surface area contributed by atoms with Gasteiger partial charge in [-0.3, -0.25) is 14.7 Å². The molecule has 1 amide bonds. The highest BCUT2D eigenvalue weighted by Crippen LogP contribution is 2.14. The Hall–Kier alpha value is -0.570. The van der Waals surface area contributed by atoms with Gasteiger partial charge < -0.3 is 15.1 Å². The Balaban J connectivity index is 0.00000312. The molecule has 7 heteroatoms. The monoisotopic (exact) mass is 465 g/mol. The van der Waals surface area contributed by atoms with Crippen LogP contribution in [-0.2, 0) is 4.79 Å². The van der Waals surface area contributed by atoms with E-state index in [1.54, 1.807) is 0 Å². The number of hydrogen-bond donors (Lipinski definition) is 1. The molecule has 2 rings (SSSR count). The Morgan fingerprint density at radius 2 is 1.68 bits per heavy atom. The second-order valence-corrected chi connectivity index (χ2v) is 6.91. The molecule has 0 aromatic heterocycles. The SMILES string of the molecule is CCCCCNC(=NC)N1CCN(C(C)C(=O)N2CCCC2)CC1.I. The van der Waals surface area contributed by atoms with E-state index in [9.17, 15) is 4.79 Å². The topological polar surface area (TPSA) is 51.2 Å². The molecule has 2 aliphatic heterocycles. The lowest BCUT2D eigenvalue weighted by atomic mass is 10.2. The molecule has 2 saturated heterocycles. The van der Waals surface area contributed by atoms with Gasteiger partial charge in [0.15, 0.2) is 5.96 Å². The summed E-state index contributed by atoms with van der Waals surface area (Å²) in [4.78, 5) is 23.6. The molecule has 0 bridgehead atoms. The average molecular weight is 465 g/mol. The number of carbonyl (C=O) groups is 1. The fraction of sp³-hybridized carbons (Fsp3) is 0.889. The number of piperazine rings is 1. The zero-order valence-electron chi connectivity index (χ0n) is 16.2. The molecule has 0 aliphatic carbocycles. The van der Waals surface area contributed by atoms with Crippen molar-refractivity contribution in [2.24, 2.45) is 4.99 Å². The van der Waals surface area contributed by atoms with Crippen LogP contribution < -0.4 is 5.32 Å². The molecule has 146 valence electrons. The number of nitrogens with zero attached hydrogens (tertiary/aromatic N) is 4. The van der Waals surface area contributed by atoms with E-state index in [-0.39, 0.29) is 30.0 Å². The number of carbonyl (C=O) groups excluding carboxylic acids is 1. The molecule has 1 N–H and O–H groups in total. The van der Waals surface area contributed by atoms with Crippen LogP contribution in [0, 0.1) is 0 Å². The fourth-order valence-corrected chi connectivity index (χ4v) is 3.59. The summed E-state index contributed by atoms with van der Waals surface area (Å²) in [6, 6.07) is 0.00442. The Morgan fingerprint density at radius 1 is 1.04 bits per heavy atom. The lowest BCUT2D eigenvalue weighted by Crippen LogP contribution is -2.57. The Morgan fingerprint density at radius 3 is 2.24 bits per heavy atom. The lowest BCUT2D eigenvalue weighted by Gasteiger charge is -2.39. The summed E-state index contributed by atoms with van der Waals surface area (Å²) in [7, 11) is 1.86. The summed E-state index contributed by atoms with van der Waals surface area (Å²) in [6.45, 7) is 10.9. The van der Waals surface area contributed by atoms with E-state index < -0.39 is 0 Å². The van der Waals surface area contributed by atoms with Crippen molar-refractivity contribution in [1.82, 2.24) is 20.0 Å². The number of hydrogen-bond acceptors (Lipinski definition) is 3. The molecule has 1 unspecified atom stereocenters. The van der Waals surface area contributed by atoms with E-state index in [0.29, 0.717) is 5.91 Å². The number of rotatable bonds is 6. The average Bonchev–Trinajstić information content (AvgIpc) is 3.15. The van der Waals surface area contributed by atoms with Gasteiger partial charge >= 0.3 is 0 Å². The number of nitrogens with one attached hydrogen (secondary N) is 1. The molecule has 2 heterocycles. The van der Waals surface area contributed by atoms with Crippen LogP contribution in [0.15, 0.2) is 4.99 Å². The molecule has 1 atom stereocenters. The third-order valence-corrected chi connectivity index (χ3v) is 5.21. The highest BCUT2D eigenvalue weighted by molar-refractivity contribution is 14.0. The van der Waals surface area contributed by atoms with Crippen molar-refractivity contribution < 1.29 is 4.79 Å². The number of amides is 1. The predicted octanol–water partition coefficient (Wildman–Crippen LogP) is 2.00. The summed E-state index contributed by atoms with van der Waals surface area (Å²) in [5.74, 6) is 1.31. The highest BCUT2D eigenvalue weighted by atomic mass is 127. The van der Waals surface area contributed by atoms with Crippen molar-refractivity contribution >= 4 is 35.8 Å². The summed E-state index contributed by atoms with van der Waals surface area (Å²) >= 11 is 0. The molecule has 2 aliphatic rings. The first-order chi connectivity index (χ1) is 11.7. The molecule has 25 heavy (non-hydrogen) atoms. The second-order valence-electron chi connectivity index (χ2n) is 6.91. The fourth-order valence-electron chi connectivity index (χ4n) is 3.59. The minimum absolute atomic E-state index is 0. The van der Waals surface area contributed by atoms with Crippen LogP contribution in [0.5, 0.6) is 0 Å². The van der Waals surface area contributed by atoms with Gasteiger partial charge in [0.25, 0.3) is 0 Å². The maximum atomic E-state index is 12.6. The van der Waals surface area contributed by atoms with E-state index in [0.717, 1.165) is 64.6 Å². The quantitative estimate of drug-likeness (QED) is 0.282. The zero-order valence-corrected chi connectivity index (χ0v) is 18.5.